The molecule has 0 aliphatic carbocycles. The molecule has 2 aromatic carbocycles. The molecular weight excluding hydrogens is 420 g/mol. The summed E-state index contributed by atoms with van der Waals surface area (Å²) >= 11 is 0. The quantitative estimate of drug-likeness (QED) is 0.379. The molecule has 2 aromatic rings. The number of hydrogen-bond donors (Lipinski definition) is 2. The summed E-state index contributed by atoms with van der Waals surface area (Å²) in [5, 5.41) is 0. The van der Waals surface area contributed by atoms with Crippen LogP contribution >= 0.6 is 0 Å². The minimum Gasteiger partial charge on any atom is -0.744 e. The van der Waals surface area contributed by atoms with Crippen molar-refractivity contribution in [2.24, 2.45) is 0 Å². The number of nitrogens with two attached hydrogens (primary N) is 2. The maximum atomic E-state index is 10.4. The summed E-state index contributed by atoms with van der Waals surface area (Å²) in [6.07, 6.45) is 0. The van der Waals surface area contributed by atoms with Crippen LogP contribution in [-0.2, 0) is 20.2 Å². The van der Waals surface area contributed by atoms with Crippen molar-refractivity contribution < 1.29 is 25.9 Å². The van der Waals surface area contributed by atoms with Crippen LogP contribution in [0, 0.1) is 0 Å². The Morgan fingerprint density at radius 3 is 1.09 bits per heavy atom. The monoisotopic (exact) mass is 432 g/mol. The molecule has 2 rings (SSSR count). The normalized spacial score (nSPS) is 10.9. The van der Waals surface area contributed by atoms with E-state index < -0.39 is 20.2 Å². The first-order valence-electron chi connectivity index (χ1n) is 5.64. The van der Waals surface area contributed by atoms with Gasteiger partial charge in [-0.2, -0.15) is 0 Å². The second kappa shape index (κ2) is 8.99. The van der Waals surface area contributed by atoms with Crippen LogP contribution in [0.2, 0.25) is 0 Å². The molecule has 0 atom stereocenters. The molecule has 0 aromatic heterocycles. The fraction of sp³-hybridized carbons (Fsp3) is 0. The number of benzene rings is 2. The van der Waals surface area contributed by atoms with E-state index in [9.17, 15) is 25.9 Å². The van der Waals surface area contributed by atoms with E-state index in [1.165, 1.54) is 36.4 Å². The van der Waals surface area contributed by atoms with E-state index in [-0.39, 0.29) is 66.6 Å². The van der Waals surface area contributed by atoms with Crippen LogP contribution in [-0.4, -0.2) is 71.4 Å². The average molecular weight is 432 g/mol. The second-order valence-corrected chi connectivity index (χ2v) is 6.68. The van der Waals surface area contributed by atoms with Gasteiger partial charge >= 0.3 is 45.5 Å². The Morgan fingerprint density at radius 2 is 0.913 bits per heavy atom. The number of hydrogen-bond acceptors (Lipinski definition) is 8. The van der Waals surface area contributed by atoms with Gasteiger partial charge in [0.05, 0.1) is 9.79 Å². The third kappa shape index (κ3) is 7.18. The first-order valence-corrected chi connectivity index (χ1v) is 8.46. The van der Waals surface area contributed by atoms with Gasteiger partial charge in [0, 0.05) is 11.4 Å². The van der Waals surface area contributed by atoms with Crippen LogP contribution in [0.5, 0.6) is 0 Å². The molecule has 11 heteroatoms. The molecule has 4 N–H and O–H groups in total. The van der Waals surface area contributed by atoms with Crippen LogP contribution in [0.15, 0.2) is 58.3 Å². The average Bonchev–Trinajstić information content (AvgIpc) is 2.37. The van der Waals surface area contributed by atoms with Gasteiger partial charge < -0.3 is 20.6 Å². The van der Waals surface area contributed by atoms with Crippen molar-refractivity contribution in [3.63, 3.8) is 0 Å². The van der Waals surface area contributed by atoms with Crippen molar-refractivity contribution in [2.45, 2.75) is 9.79 Å². The summed E-state index contributed by atoms with van der Waals surface area (Å²) < 4.78 is 62.5. The molecule has 0 aliphatic rings. The molecule has 0 saturated carbocycles. The summed E-state index contributed by atoms with van der Waals surface area (Å²) in [4.78, 5) is -0.722. The Bertz CT molecular complexity index is 795. The summed E-state index contributed by atoms with van der Waals surface area (Å²) in [7, 11) is -8.82. The van der Waals surface area contributed by atoms with Crippen molar-refractivity contribution in [3.8, 4) is 0 Å². The van der Waals surface area contributed by atoms with Gasteiger partial charge in [0.15, 0.2) is 0 Å². The number of anilines is 2. The molecule has 0 bridgehead atoms. The van der Waals surface area contributed by atoms with E-state index in [4.69, 9.17) is 11.5 Å². The molecule has 0 unspecified atom stereocenters. The third-order valence-electron chi connectivity index (χ3n) is 2.38. The Balaban J connectivity index is 0.000000403. The summed E-state index contributed by atoms with van der Waals surface area (Å²) in [6, 6.07) is 11.1. The van der Waals surface area contributed by atoms with E-state index in [0.29, 0.717) is 0 Å². The van der Waals surface area contributed by atoms with E-state index in [2.05, 4.69) is 0 Å². The van der Waals surface area contributed by atoms with Gasteiger partial charge in [-0.3, -0.25) is 0 Å². The fourth-order valence-electron chi connectivity index (χ4n) is 1.42. The largest absolute Gasteiger partial charge is 2.00 e. The maximum Gasteiger partial charge on any atom is 2.00 e. The van der Waals surface area contributed by atoms with Crippen molar-refractivity contribution in [3.05, 3.63) is 48.5 Å². The Hall–Kier alpha value is -0.659. The fourth-order valence-corrected chi connectivity index (χ4v) is 2.62. The van der Waals surface area contributed by atoms with Crippen molar-refractivity contribution in [2.75, 3.05) is 11.5 Å². The van der Waals surface area contributed by atoms with Gasteiger partial charge in [0.25, 0.3) is 0 Å². The van der Waals surface area contributed by atoms with Gasteiger partial charge in [-0.1, -0.05) is 24.3 Å². The number of rotatable bonds is 2. The molecule has 0 radical (unpaired) electrons. The van der Waals surface area contributed by atoms with Crippen LogP contribution < -0.4 is 11.5 Å². The number of nitrogen functional groups attached to an aromatic ring is 2. The van der Waals surface area contributed by atoms with E-state index in [1.54, 1.807) is 12.1 Å². The predicted octanol–water partition coefficient (Wildman–Crippen LogP) is -0.0350. The molecule has 0 saturated heterocycles. The van der Waals surface area contributed by atoms with Gasteiger partial charge in [-0.15, -0.1) is 0 Å². The zero-order valence-corrected chi connectivity index (χ0v) is 16.9. The smallest absolute Gasteiger partial charge is 0.744 e. The molecule has 0 aliphatic heterocycles. The van der Waals surface area contributed by atoms with Crippen LogP contribution in [0.1, 0.15) is 0 Å². The van der Waals surface area contributed by atoms with Gasteiger partial charge in [-0.25, -0.2) is 16.8 Å². The van der Waals surface area contributed by atoms with Gasteiger partial charge in [0.1, 0.15) is 20.2 Å². The molecule has 0 spiro atoms. The van der Waals surface area contributed by atoms with Gasteiger partial charge in [-0.05, 0) is 24.3 Å². The van der Waals surface area contributed by atoms with Crippen molar-refractivity contribution >= 4 is 77.1 Å². The molecule has 0 amide bonds. The Labute approximate surface area is 171 Å². The SMILES string of the molecule is Nc1ccccc1S(=O)(=O)[O-].Nc1ccccc1S(=O)(=O)[O-].[Sr+2]. The molecular formula is C12H12N2O6S2Sr. The minimum absolute atomic E-state index is 0. The summed E-state index contributed by atoms with van der Waals surface area (Å²) in [5.41, 5.74) is 10.4. The minimum atomic E-state index is -4.41. The first kappa shape index (κ1) is 22.3. The summed E-state index contributed by atoms with van der Waals surface area (Å²) in [6.45, 7) is 0. The third-order valence-corrected chi connectivity index (χ3v) is 4.20. The zero-order valence-electron chi connectivity index (χ0n) is 11.7. The van der Waals surface area contributed by atoms with E-state index in [0.717, 1.165) is 0 Å². The van der Waals surface area contributed by atoms with Crippen LogP contribution in [0.25, 0.3) is 0 Å². The first-order chi connectivity index (χ1) is 10.0. The summed E-state index contributed by atoms with van der Waals surface area (Å²) in [5.74, 6) is 0. The maximum absolute atomic E-state index is 10.4. The van der Waals surface area contributed by atoms with Crippen molar-refractivity contribution in [1.82, 2.24) is 0 Å². The standard InChI is InChI=1S/2C6H7NO3S.Sr/c2*7-5-3-1-2-4-6(5)11(8,9)10;/h2*1-4H,7H2,(H,8,9,10);/q;;+2/p-2. The zero-order chi connectivity index (χ0) is 17.0. The van der Waals surface area contributed by atoms with Crippen LogP contribution in [0.4, 0.5) is 11.4 Å². The van der Waals surface area contributed by atoms with E-state index >= 15 is 0 Å². The van der Waals surface area contributed by atoms with Crippen LogP contribution in [0.3, 0.4) is 0 Å². The number of para-hydroxylation sites is 2. The van der Waals surface area contributed by atoms with Crippen molar-refractivity contribution in [1.29, 1.82) is 0 Å². The van der Waals surface area contributed by atoms with E-state index in [1.807, 2.05) is 0 Å². The molecule has 8 nitrogen and oxygen atoms in total. The molecule has 0 heterocycles. The Kier molecular flexibility index (Phi) is 8.73. The topological polar surface area (TPSA) is 166 Å². The second-order valence-electron chi connectivity index (χ2n) is 3.98. The molecule has 120 valence electrons. The molecule has 0 fully saturated rings. The van der Waals surface area contributed by atoms with Gasteiger partial charge in [0.2, 0.25) is 0 Å². The predicted molar refractivity (Wildman–Crippen MR) is 83.4 cm³/mol. The Morgan fingerprint density at radius 1 is 0.652 bits per heavy atom. The molecule has 23 heavy (non-hydrogen) atoms.